The van der Waals surface area contributed by atoms with Gasteiger partial charge in [0.15, 0.2) is 0 Å². The Morgan fingerprint density at radius 1 is 1.33 bits per heavy atom. The van der Waals surface area contributed by atoms with Gasteiger partial charge in [-0.1, -0.05) is 25.1 Å². The number of nitrogens with zero attached hydrogens (tertiary/aromatic N) is 3. The number of amides is 1. The first-order valence-electron chi connectivity index (χ1n) is 8.67. The maximum absolute atomic E-state index is 14.0. The average molecular weight is 329 g/mol. The second kappa shape index (κ2) is 7.16. The molecular formula is C19H24FN3O. The van der Waals surface area contributed by atoms with E-state index in [4.69, 9.17) is 0 Å². The number of aromatic nitrogens is 2. The summed E-state index contributed by atoms with van der Waals surface area (Å²) < 4.78 is 15.7. The normalized spacial score (nSPS) is 18.0. The van der Waals surface area contributed by atoms with Crippen molar-refractivity contribution >= 4 is 5.91 Å². The van der Waals surface area contributed by atoms with Gasteiger partial charge in [0.2, 0.25) is 0 Å². The van der Waals surface area contributed by atoms with Crippen LogP contribution in [-0.4, -0.2) is 33.2 Å². The Morgan fingerprint density at radius 2 is 2.12 bits per heavy atom. The van der Waals surface area contributed by atoms with Crippen LogP contribution in [-0.2, 0) is 19.9 Å². The maximum Gasteiger partial charge on any atom is 0.272 e. The fourth-order valence-corrected chi connectivity index (χ4v) is 3.44. The van der Waals surface area contributed by atoms with Gasteiger partial charge < -0.3 is 4.90 Å². The van der Waals surface area contributed by atoms with Gasteiger partial charge in [-0.3, -0.25) is 9.48 Å². The van der Waals surface area contributed by atoms with E-state index in [0.717, 1.165) is 37.9 Å². The molecule has 5 heteroatoms. The van der Waals surface area contributed by atoms with E-state index in [2.05, 4.69) is 5.10 Å². The summed E-state index contributed by atoms with van der Waals surface area (Å²) in [5, 5.41) is 4.38. The first-order chi connectivity index (χ1) is 11.6. The molecule has 1 aromatic carbocycles. The number of likely N-dealkylation sites (tertiary alicyclic amines) is 1. The average Bonchev–Trinajstić information content (AvgIpc) is 2.98. The molecular weight excluding hydrogens is 305 g/mol. The molecule has 0 bridgehead atoms. The molecule has 2 aromatic rings. The number of benzene rings is 1. The number of hydrogen-bond acceptors (Lipinski definition) is 2. The number of rotatable bonds is 4. The number of piperidine rings is 1. The van der Waals surface area contributed by atoms with E-state index in [0.29, 0.717) is 17.7 Å². The van der Waals surface area contributed by atoms with Gasteiger partial charge in [-0.2, -0.15) is 5.10 Å². The van der Waals surface area contributed by atoms with Crippen molar-refractivity contribution < 1.29 is 9.18 Å². The van der Waals surface area contributed by atoms with Crippen LogP contribution in [0.2, 0.25) is 0 Å². The van der Waals surface area contributed by atoms with E-state index in [9.17, 15) is 9.18 Å². The van der Waals surface area contributed by atoms with E-state index >= 15 is 0 Å². The summed E-state index contributed by atoms with van der Waals surface area (Å²) >= 11 is 0. The van der Waals surface area contributed by atoms with Crippen LogP contribution >= 0.6 is 0 Å². The minimum Gasteiger partial charge on any atom is -0.334 e. The Kier molecular flexibility index (Phi) is 4.97. The van der Waals surface area contributed by atoms with Gasteiger partial charge in [-0.25, -0.2) is 4.39 Å². The van der Waals surface area contributed by atoms with Crippen molar-refractivity contribution in [2.24, 2.45) is 7.05 Å². The monoisotopic (exact) mass is 329 g/mol. The lowest BCUT2D eigenvalue weighted by atomic mass is 9.95. The quantitative estimate of drug-likeness (QED) is 0.863. The maximum atomic E-state index is 14.0. The van der Waals surface area contributed by atoms with Gasteiger partial charge in [-0.05, 0) is 49.8 Å². The van der Waals surface area contributed by atoms with Crippen molar-refractivity contribution in [1.29, 1.82) is 0 Å². The van der Waals surface area contributed by atoms with Gasteiger partial charge in [0, 0.05) is 19.6 Å². The smallest absolute Gasteiger partial charge is 0.272 e. The molecule has 1 aromatic heterocycles. The molecule has 0 spiro atoms. The number of carbonyl (C=O) groups is 1. The Bertz CT molecular complexity index is 725. The summed E-state index contributed by atoms with van der Waals surface area (Å²) in [7, 11) is 1.81. The van der Waals surface area contributed by atoms with Crippen LogP contribution in [0.1, 0.15) is 47.9 Å². The molecule has 1 saturated heterocycles. The summed E-state index contributed by atoms with van der Waals surface area (Å²) in [4.78, 5) is 14.9. The highest BCUT2D eigenvalue weighted by Gasteiger charge is 2.29. The molecule has 128 valence electrons. The molecule has 1 fully saturated rings. The molecule has 1 aliphatic heterocycles. The molecule has 0 unspecified atom stereocenters. The van der Waals surface area contributed by atoms with Crippen molar-refractivity contribution in [2.45, 2.75) is 45.1 Å². The summed E-state index contributed by atoms with van der Waals surface area (Å²) in [6, 6.07) is 8.76. The van der Waals surface area contributed by atoms with Crippen LogP contribution in [0.25, 0.3) is 0 Å². The van der Waals surface area contributed by atoms with Gasteiger partial charge in [0.25, 0.3) is 5.91 Å². The topological polar surface area (TPSA) is 38.1 Å². The molecule has 2 heterocycles. The molecule has 0 aliphatic carbocycles. The lowest BCUT2D eigenvalue weighted by Gasteiger charge is -2.36. The third-order valence-corrected chi connectivity index (χ3v) is 4.81. The number of hydrogen-bond donors (Lipinski definition) is 0. The van der Waals surface area contributed by atoms with Crippen LogP contribution < -0.4 is 0 Å². The van der Waals surface area contributed by atoms with Crippen LogP contribution in [0, 0.1) is 5.82 Å². The van der Waals surface area contributed by atoms with Crippen molar-refractivity contribution in [1.82, 2.24) is 14.7 Å². The van der Waals surface area contributed by atoms with Crippen molar-refractivity contribution in [2.75, 3.05) is 6.54 Å². The number of carbonyl (C=O) groups excluding carboxylic acids is 1. The Labute approximate surface area is 142 Å². The third kappa shape index (κ3) is 3.35. The second-order valence-corrected chi connectivity index (χ2v) is 6.44. The highest BCUT2D eigenvalue weighted by atomic mass is 19.1. The zero-order valence-electron chi connectivity index (χ0n) is 14.3. The number of halogens is 1. The first-order valence-corrected chi connectivity index (χ1v) is 8.67. The molecule has 4 nitrogen and oxygen atoms in total. The third-order valence-electron chi connectivity index (χ3n) is 4.81. The lowest BCUT2D eigenvalue weighted by molar-refractivity contribution is 0.0601. The Hall–Kier alpha value is -2.17. The van der Waals surface area contributed by atoms with Crippen molar-refractivity contribution in [3.8, 4) is 0 Å². The van der Waals surface area contributed by atoms with Crippen LogP contribution in [0.3, 0.4) is 0 Å². The van der Waals surface area contributed by atoms with Gasteiger partial charge in [-0.15, -0.1) is 0 Å². The predicted octanol–water partition coefficient (Wildman–Crippen LogP) is 3.36. The molecule has 1 atom stereocenters. The second-order valence-electron chi connectivity index (χ2n) is 6.44. The zero-order chi connectivity index (χ0) is 17.1. The van der Waals surface area contributed by atoms with E-state index < -0.39 is 0 Å². The highest BCUT2D eigenvalue weighted by Crippen LogP contribution is 2.24. The first kappa shape index (κ1) is 16.7. The van der Waals surface area contributed by atoms with E-state index in [1.165, 1.54) is 6.07 Å². The molecule has 0 radical (unpaired) electrons. The molecule has 3 rings (SSSR count). The minimum atomic E-state index is -0.190. The van der Waals surface area contributed by atoms with E-state index in [-0.39, 0.29) is 17.8 Å². The predicted molar refractivity (Wildman–Crippen MR) is 91.4 cm³/mol. The summed E-state index contributed by atoms with van der Waals surface area (Å²) in [6.45, 7) is 2.75. The molecule has 1 aliphatic rings. The van der Waals surface area contributed by atoms with Crippen LogP contribution in [0.4, 0.5) is 4.39 Å². The number of aryl methyl sites for hydroxylation is 2. The summed E-state index contributed by atoms with van der Waals surface area (Å²) in [5.74, 6) is -0.185. The zero-order valence-corrected chi connectivity index (χ0v) is 14.3. The van der Waals surface area contributed by atoms with Crippen molar-refractivity contribution in [3.05, 3.63) is 53.1 Å². The van der Waals surface area contributed by atoms with Gasteiger partial charge in [0.1, 0.15) is 11.5 Å². The van der Waals surface area contributed by atoms with E-state index in [1.807, 2.05) is 37.1 Å². The lowest BCUT2D eigenvalue weighted by Crippen LogP contribution is -2.45. The molecule has 24 heavy (non-hydrogen) atoms. The Balaban J connectivity index is 1.82. The van der Waals surface area contributed by atoms with Crippen LogP contribution in [0.5, 0.6) is 0 Å². The standard InChI is InChI=1S/C19H24FN3O/c1-3-15-13-18(22(2)21-15)19(24)23-11-7-6-9-16(23)12-14-8-4-5-10-17(14)20/h4-5,8,10,13,16H,3,6-7,9,11-12H2,1-2H3/t16-/m1/s1. The minimum absolute atomic E-state index is 0.00531. The SMILES string of the molecule is CCc1cc(C(=O)N2CCCC[C@@H]2Cc2ccccc2F)n(C)n1. The fourth-order valence-electron chi connectivity index (χ4n) is 3.44. The highest BCUT2D eigenvalue weighted by molar-refractivity contribution is 5.93. The molecule has 0 N–H and O–H groups in total. The van der Waals surface area contributed by atoms with Crippen molar-refractivity contribution in [3.63, 3.8) is 0 Å². The van der Waals surface area contributed by atoms with E-state index in [1.54, 1.807) is 10.7 Å². The largest absolute Gasteiger partial charge is 0.334 e. The van der Waals surface area contributed by atoms with Crippen LogP contribution in [0.15, 0.2) is 30.3 Å². The molecule has 0 saturated carbocycles. The Morgan fingerprint density at radius 3 is 2.83 bits per heavy atom. The van der Waals surface area contributed by atoms with Gasteiger partial charge in [0.05, 0.1) is 5.69 Å². The summed E-state index contributed by atoms with van der Waals surface area (Å²) in [5.41, 5.74) is 2.22. The molecule has 1 amide bonds. The fraction of sp³-hybridized carbons (Fsp3) is 0.474. The van der Waals surface area contributed by atoms with Gasteiger partial charge >= 0.3 is 0 Å². The summed E-state index contributed by atoms with van der Waals surface area (Å²) in [6.07, 6.45) is 4.36.